The minimum absolute atomic E-state index is 0.187. The summed E-state index contributed by atoms with van der Waals surface area (Å²) < 4.78 is 32.5. The lowest BCUT2D eigenvalue weighted by Crippen LogP contribution is -2.29. The average Bonchev–Trinajstić information content (AvgIpc) is 3.05. The number of phosphoric acid groups is 1. The standard InChI is InChI=1S/C36H69O10P/c1-3-5-7-9-11-13-14-15-16-17-18-20-21-23-25-27-35(39)43-31-34(32-45-47(41,42)44-30-33(38)29-37)46-36(40)28-26-24-22-19-12-10-8-6-4-2/h9,11,33-34,37-38H,3-8,10,12-32H2,1-2H3,(H,41,42)/b11-9+/t33-,34+/m1/s1. The van der Waals surface area contributed by atoms with Gasteiger partial charge in [-0.3, -0.25) is 18.6 Å². The van der Waals surface area contributed by atoms with Crippen LogP contribution in [0.15, 0.2) is 12.2 Å². The van der Waals surface area contributed by atoms with Gasteiger partial charge in [-0.25, -0.2) is 4.57 Å². The lowest BCUT2D eigenvalue weighted by molar-refractivity contribution is -0.161. The Bertz CT molecular complexity index is 807. The SMILES string of the molecule is CCCC/C=C/CCCCCCCCCCCC(=O)OC[C@@H](COP(=O)(O)OC[C@H](O)CO)OC(=O)CCCCCCCCCCC. The van der Waals surface area contributed by atoms with Crippen molar-refractivity contribution in [2.45, 2.75) is 180 Å². The second-order valence-electron chi connectivity index (χ2n) is 12.6. The van der Waals surface area contributed by atoms with Crippen LogP contribution in [0.1, 0.15) is 168 Å². The van der Waals surface area contributed by atoms with Crippen LogP contribution in [0.4, 0.5) is 0 Å². The first-order valence-electron chi connectivity index (χ1n) is 18.6. The molecule has 0 rings (SSSR count). The summed E-state index contributed by atoms with van der Waals surface area (Å²) in [5.74, 6) is -0.926. The zero-order valence-corrected chi connectivity index (χ0v) is 30.6. The zero-order valence-electron chi connectivity index (χ0n) is 29.8. The smallest absolute Gasteiger partial charge is 0.462 e. The fourth-order valence-electron chi connectivity index (χ4n) is 4.97. The second-order valence-corrected chi connectivity index (χ2v) is 14.1. The molecule has 0 aliphatic heterocycles. The van der Waals surface area contributed by atoms with Crippen LogP contribution in [0, 0.1) is 0 Å². The minimum atomic E-state index is -4.60. The zero-order chi connectivity index (χ0) is 34.9. The van der Waals surface area contributed by atoms with Crippen LogP contribution in [0.3, 0.4) is 0 Å². The molecule has 47 heavy (non-hydrogen) atoms. The Kier molecular flexibility index (Phi) is 32.3. The van der Waals surface area contributed by atoms with Crippen LogP contribution in [-0.4, -0.2) is 65.7 Å². The molecule has 0 aliphatic carbocycles. The van der Waals surface area contributed by atoms with Crippen molar-refractivity contribution >= 4 is 19.8 Å². The Morgan fingerprint density at radius 2 is 1.06 bits per heavy atom. The number of ether oxygens (including phenoxy) is 2. The Hall–Kier alpha value is -1.29. The fraction of sp³-hybridized carbons (Fsp3) is 0.889. The summed E-state index contributed by atoms with van der Waals surface area (Å²) >= 11 is 0. The second kappa shape index (κ2) is 33.2. The first kappa shape index (κ1) is 45.7. The van der Waals surface area contributed by atoms with Crippen molar-refractivity contribution in [3.8, 4) is 0 Å². The Balaban J connectivity index is 4.31. The van der Waals surface area contributed by atoms with Gasteiger partial charge in [0, 0.05) is 12.8 Å². The molecule has 11 heteroatoms. The summed E-state index contributed by atoms with van der Waals surface area (Å²) in [6.07, 6.45) is 27.6. The van der Waals surface area contributed by atoms with Crippen LogP contribution in [-0.2, 0) is 32.7 Å². The maximum Gasteiger partial charge on any atom is 0.472 e. The number of aliphatic hydroxyl groups is 2. The summed E-state index contributed by atoms with van der Waals surface area (Å²) in [6.45, 7) is 2.31. The quantitative estimate of drug-likeness (QED) is 0.0254. The van der Waals surface area contributed by atoms with Crippen molar-refractivity contribution in [3.05, 3.63) is 12.2 Å². The third-order valence-corrected chi connectivity index (χ3v) is 8.87. The number of carbonyl (C=O) groups excluding carboxylic acids is 2. The van der Waals surface area contributed by atoms with E-state index in [1.165, 1.54) is 89.9 Å². The number of hydrogen-bond donors (Lipinski definition) is 3. The van der Waals surface area contributed by atoms with Crippen LogP contribution in [0.5, 0.6) is 0 Å². The molecule has 278 valence electrons. The van der Waals surface area contributed by atoms with E-state index in [1.54, 1.807) is 0 Å². The van der Waals surface area contributed by atoms with Gasteiger partial charge in [-0.2, -0.15) is 0 Å². The van der Waals surface area contributed by atoms with Gasteiger partial charge in [-0.1, -0.05) is 135 Å². The van der Waals surface area contributed by atoms with E-state index in [2.05, 4.69) is 30.5 Å². The molecular formula is C36H69O10P. The predicted octanol–water partition coefficient (Wildman–Crippen LogP) is 8.89. The fourth-order valence-corrected chi connectivity index (χ4v) is 5.76. The van der Waals surface area contributed by atoms with Crippen molar-refractivity contribution in [1.29, 1.82) is 0 Å². The van der Waals surface area contributed by atoms with Crippen LogP contribution >= 0.6 is 7.82 Å². The normalized spacial score (nSPS) is 14.2. The maximum absolute atomic E-state index is 12.5. The number of rotatable bonds is 35. The molecular weight excluding hydrogens is 623 g/mol. The first-order valence-corrected chi connectivity index (χ1v) is 20.1. The number of phosphoric ester groups is 1. The molecule has 3 atom stereocenters. The van der Waals surface area contributed by atoms with E-state index in [4.69, 9.17) is 19.1 Å². The molecule has 0 heterocycles. The minimum Gasteiger partial charge on any atom is -0.462 e. The summed E-state index contributed by atoms with van der Waals surface area (Å²) in [7, 11) is -4.60. The highest BCUT2D eigenvalue weighted by molar-refractivity contribution is 7.47. The number of allylic oxidation sites excluding steroid dienone is 2. The molecule has 0 aliphatic rings. The molecule has 0 aromatic heterocycles. The van der Waals surface area contributed by atoms with Gasteiger partial charge in [-0.15, -0.1) is 0 Å². The molecule has 0 radical (unpaired) electrons. The highest BCUT2D eigenvalue weighted by Crippen LogP contribution is 2.43. The molecule has 0 saturated carbocycles. The largest absolute Gasteiger partial charge is 0.472 e. The lowest BCUT2D eigenvalue weighted by Gasteiger charge is -2.20. The van der Waals surface area contributed by atoms with Gasteiger partial charge in [0.15, 0.2) is 6.10 Å². The Morgan fingerprint density at radius 3 is 1.60 bits per heavy atom. The van der Waals surface area contributed by atoms with E-state index in [-0.39, 0.29) is 19.4 Å². The molecule has 0 bridgehead atoms. The van der Waals surface area contributed by atoms with Crippen molar-refractivity contribution in [2.24, 2.45) is 0 Å². The molecule has 0 aromatic rings. The predicted molar refractivity (Wildman–Crippen MR) is 187 cm³/mol. The molecule has 10 nitrogen and oxygen atoms in total. The van der Waals surface area contributed by atoms with Gasteiger partial charge in [0.1, 0.15) is 12.7 Å². The Morgan fingerprint density at radius 1 is 0.617 bits per heavy atom. The number of aliphatic hydroxyl groups excluding tert-OH is 2. The van der Waals surface area contributed by atoms with Gasteiger partial charge in [0.2, 0.25) is 0 Å². The van der Waals surface area contributed by atoms with Gasteiger partial charge in [0.05, 0.1) is 19.8 Å². The van der Waals surface area contributed by atoms with Crippen molar-refractivity contribution < 1.29 is 47.8 Å². The summed E-state index contributed by atoms with van der Waals surface area (Å²) in [6, 6.07) is 0. The van der Waals surface area contributed by atoms with Gasteiger partial charge < -0.3 is 24.6 Å². The summed E-state index contributed by atoms with van der Waals surface area (Å²) in [5.41, 5.74) is 0. The molecule has 0 fully saturated rings. The van der Waals surface area contributed by atoms with Crippen molar-refractivity contribution in [1.82, 2.24) is 0 Å². The van der Waals surface area contributed by atoms with E-state index in [0.29, 0.717) is 12.8 Å². The number of hydrogen-bond acceptors (Lipinski definition) is 9. The van der Waals surface area contributed by atoms with Crippen LogP contribution < -0.4 is 0 Å². The molecule has 0 amide bonds. The van der Waals surface area contributed by atoms with Crippen LogP contribution in [0.2, 0.25) is 0 Å². The Labute approximate surface area is 286 Å². The maximum atomic E-state index is 12.5. The van der Waals surface area contributed by atoms with Crippen LogP contribution in [0.25, 0.3) is 0 Å². The van der Waals surface area contributed by atoms with Crippen molar-refractivity contribution in [3.63, 3.8) is 0 Å². The number of carbonyl (C=O) groups is 2. The molecule has 0 aromatic carbocycles. The van der Waals surface area contributed by atoms with Crippen molar-refractivity contribution in [2.75, 3.05) is 26.4 Å². The third-order valence-electron chi connectivity index (χ3n) is 7.92. The average molecular weight is 693 g/mol. The number of esters is 2. The molecule has 3 N–H and O–H groups in total. The first-order chi connectivity index (χ1) is 22.7. The molecule has 0 spiro atoms. The topological polar surface area (TPSA) is 149 Å². The molecule has 0 saturated heterocycles. The van der Waals surface area contributed by atoms with Gasteiger partial charge in [-0.05, 0) is 32.1 Å². The van der Waals surface area contributed by atoms with E-state index in [9.17, 15) is 24.2 Å². The highest BCUT2D eigenvalue weighted by atomic mass is 31.2. The summed E-state index contributed by atoms with van der Waals surface area (Å²) in [4.78, 5) is 34.7. The molecule has 1 unspecified atom stereocenters. The number of unbranched alkanes of at least 4 members (excludes halogenated alkanes) is 19. The van der Waals surface area contributed by atoms with Gasteiger partial charge >= 0.3 is 19.8 Å². The lowest BCUT2D eigenvalue weighted by atomic mass is 10.1. The monoisotopic (exact) mass is 692 g/mol. The van der Waals surface area contributed by atoms with E-state index in [0.717, 1.165) is 38.5 Å². The third kappa shape index (κ3) is 33.0. The van der Waals surface area contributed by atoms with E-state index >= 15 is 0 Å². The van der Waals surface area contributed by atoms with E-state index < -0.39 is 51.8 Å². The van der Waals surface area contributed by atoms with E-state index in [1.807, 2.05) is 0 Å². The highest BCUT2D eigenvalue weighted by Gasteiger charge is 2.27. The van der Waals surface area contributed by atoms with Gasteiger partial charge in [0.25, 0.3) is 0 Å². The summed E-state index contributed by atoms with van der Waals surface area (Å²) in [5, 5.41) is 18.2.